The molecule has 0 spiro atoms. The number of hydrogen-bond acceptors (Lipinski definition) is 4. The lowest BCUT2D eigenvalue weighted by molar-refractivity contribution is 0.0961. The first-order valence-corrected chi connectivity index (χ1v) is 10.2. The lowest BCUT2D eigenvalue weighted by atomic mass is 9.81. The summed E-state index contributed by atoms with van der Waals surface area (Å²) in [6, 6.07) is 15.6. The number of hydrogen-bond donors (Lipinski definition) is 0. The van der Waals surface area contributed by atoms with Gasteiger partial charge < -0.3 is 4.74 Å². The summed E-state index contributed by atoms with van der Waals surface area (Å²) in [5.74, 6) is 0.931. The molecular weight excluding hydrogens is 398 g/mol. The molecule has 1 aliphatic carbocycles. The first-order valence-electron chi connectivity index (χ1n) is 9.86. The van der Waals surface area contributed by atoms with Crippen molar-refractivity contribution >= 4 is 23.0 Å². The fraction of sp³-hybridized carbons (Fsp3) is 0.208. The number of aryl methyl sites for hydroxylation is 1. The second-order valence-corrected chi connectivity index (χ2v) is 8.03. The van der Waals surface area contributed by atoms with Gasteiger partial charge >= 0.3 is 0 Å². The van der Waals surface area contributed by atoms with Crippen molar-refractivity contribution in [2.45, 2.75) is 25.7 Å². The van der Waals surface area contributed by atoms with Crippen LogP contribution in [0, 0.1) is 6.92 Å². The maximum Gasteiger partial charge on any atom is 0.166 e. The number of halogens is 1. The van der Waals surface area contributed by atoms with Crippen molar-refractivity contribution in [3.63, 3.8) is 0 Å². The van der Waals surface area contributed by atoms with Gasteiger partial charge in [0.25, 0.3) is 0 Å². The summed E-state index contributed by atoms with van der Waals surface area (Å²) < 4.78 is 7.38. The molecule has 0 aliphatic heterocycles. The molecule has 0 saturated carbocycles. The number of fused-ring (bicyclic) bond motifs is 3. The Morgan fingerprint density at radius 1 is 1.10 bits per heavy atom. The highest BCUT2D eigenvalue weighted by atomic mass is 35.5. The SMILES string of the molecule is COc1ccccc1[C@@H]1CC(=O)c2cnc3c(-c4ccc(Cl)cc4)c(C)nn3c2C1. The monoisotopic (exact) mass is 417 g/mol. The maximum absolute atomic E-state index is 13.0. The van der Waals surface area contributed by atoms with Crippen molar-refractivity contribution in [1.29, 1.82) is 0 Å². The zero-order valence-corrected chi connectivity index (χ0v) is 17.5. The third-order valence-electron chi connectivity index (χ3n) is 5.80. The van der Waals surface area contributed by atoms with E-state index in [-0.39, 0.29) is 11.7 Å². The van der Waals surface area contributed by atoms with Crippen molar-refractivity contribution in [2.75, 3.05) is 7.11 Å². The average molecular weight is 418 g/mol. The Morgan fingerprint density at radius 2 is 1.87 bits per heavy atom. The third-order valence-corrected chi connectivity index (χ3v) is 6.05. The number of rotatable bonds is 3. The van der Waals surface area contributed by atoms with Gasteiger partial charge in [0, 0.05) is 29.1 Å². The average Bonchev–Trinajstić information content (AvgIpc) is 3.10. The van der Waals surface area contributed by atoms with Crippen LogP contribution >= 0.6 is 11.6 Å². The van der Waals surface area contributed by atoms with E-state index in [0.29, 0.717) is 23.4 Å². The van der Waals surface area contributed by atoms with Crippen LogP contribution in [0.2, 0.25) is 5.02 Å². The highest BCUT2D eigenvalue weighted by molar-refractivity contribution is 6.30. The van der Waals surface area contributed by atoms with Crippen molar-refractivity contribution in [2.24, 2.45) is 0 Å². The van der Waals surface area contributed by atoms with Crippen LogP contribution in [0.1, 0.15) is 39.6 Å². The molecule has 0 bridgehead atoms. The molecule has 6 heteroatoms. The van der Waals surface area contributed by atoms with Crippen LogP contribution in [-0.4, -0.2) is 27.5 Å². The zero-order valence-electron chi connectivity index (χ0n) is 16.7. The predicted octanol–water partition coefficient (Wildman–Crippen LogP) is 5.28. The molecule has 0 unspecified atom stereocenters. The summed E-state index contributed by atoms with van der Waals surface area (Å²) in [6.07, 6.45) is 2.83. The van der Waals surface area contributed by atoms with E-state index in [0.717, 1.165) is 39.5 Å². The van der Waals surface area contributed by atoms with Gasteiger partial charge in [-0.1, -0.05) is 41.9 Å². The number of ether oxygens (including phenoxy) is 1. The van der Waals surface area contributed by atoms with Gasteiger partial charge in [0.1, 0.15) is 5.75 Å². The Hall–Kier alpha value is -3.18. The van der Waals surface area contributed by atoms with Crippen molar-refractivity contribution < 1.29 is 9.53 Å². The molecule has 2 aromatic carbocycles. The molecule has 0 radical (unpaired) electrons. The molecule has 2 heterocycles. The number of benzene rings is 2. The van der Waals surface area contributed by atoms with Crippen LogP contribution in [-0.2, 0) is 6.42 Å². The molecule has 2 aromatic heterocycles. The number of methoxy groups -OCH3 is 1. The van der Waals surface area contributed by atoms with Crippen LogP contribution in [0.25, 0.3) is 16.8 Å². The van der Waals surface area contributed by atoms with E-state index < -0.39 is 0 Å². The Morgan fingerprint density at radius 3 is 2.63 bits per heavy atom. The molecule has 5 nitrogen and oxygen atoms in total. The van der Waals surface area contributed by atoms with E-state index in [9.17, 15) is 4.79 Å². The lowest BCUT2D eigenvalue weighted by Gasteiger charge is -2.25. The molecule has 1 aliphatic rings. The highest BCUT2D eigenvalue weighted by Crippen LogP contribution is 2.38. The van der Waals surface area contributed by atoms with Gasteiger partial charge in [0.15, 0.2) is 11.4 Å². The molecule has 5 rings (SSSR count). The Bertz CT molecular complexity index is 1280. The minimum Gasteiger partial charge on any atom is -0.496 e. The van der Waals surface area contributed by atoms with E-state index in [2.05, 4.69) is 4.98 Å². The molecule has 0 fully saturated rings. The van der Waals surface area contributed by atoms with Crippen molar-refractivity contribution in [3.05, 3.63) is 82.3 Å². The lowest BCUT2D eigenvalue weighted by Crippen LogP contribution is -2.22. The fourth-order valence-electron chi connectivity index (χ4n) is 4.38. The predicted molar refractivity (Wildman–Crippen MR) is 117 cm³/mol. The fourth-order valence-corrected chi connectivity index (χ4v) is 4.51. The number of ketones is 1. The molecule has 30 heavy (non-hydrogen) atoms. The summed E-state index contributed by atoms with van der Waals surface area (Å²) in [7, 11) is 1.66. The van der Waals surface area contributed by atoms with E-state index in [4.69, 9.17) is 21.4 Å². The standard InChI is InChI=1S/C24H20ClN3O2/c1-14-23(15-7-9-17(25)10-8-15)24-26-13-19-20(28(24)27-14)11-16(12-21(19)29)18-5-3-4-6-22(18)30-2/h3-10,13,16H,11-12H2,1-2H3/t16-/m0/s1. The smallest absolute Gasteiger partial charge is 0.166 e. The summed E-state index contributed by atoms with van der Waals surface area (Å²) in [6.45, 7) is 1.97. The zero-order chi connectivity index (χ0) is 20.8. The first-order chi connectivity index (χ1) is 14.6. The largest absolute Gasteiger partial charge is 0.496 e. The third kappa shape index (κ3) is 2.97. The number of carbonyl (C=O) groups is 1. The van der Waals surface area contributed by atoms with E-state index in [1.54, 1.807) is 13.3 Å². The van der Waals surface area contributed by atoms with Crippen LogP contribution in [0.3, 0.4) is 0 Å². The quantitative estimate of drug-likeness (QED) is 0.455. The molecule has 150 valence electrons. The van der Waals surface area contributed by atoms with Crippen LogP contribution in [0.4, 0.5) is 0 Å². The van der Waals surface area contributed by atoms with Gasteiger partial charge in [-0.15, -0.1) is 0 Å². The summed E-state index contributed by atoms with van der Waals surface area (Å²) in [4.78, 5) is 17.6. The molecular formula is C24H20ClN3O2. The van der Waals surface area contributed by atoms with Gasteiger partial charge in [-0.05, 0) is 42.7 Å². The van der Waals surface area contributed by atoms with Gasteiger partial charge in [0.2, 0.25) is 0 Å². The summed E-state index contributed by atoms with van der Waals surface area (Å²) >= 11 is 6.06. The van der Waals surface area contributed by atoms with Crippen molar-refractivity contribution in [3.8, 4) is 16.9 Å². The number of Topliss-reactive ketones (excluding diaryl/α,β-unsaturated/α-hetero) is 1. The minimum atomic E-state index is 0.0373. The number of para-hydroxylation sites is 1. The van der Waals surface area contributed by atoms with Gasteiger partial charge in [-0.2, -0.15) is 5.10 Å². The highest BCUT2D eigenvalue weighted by Gasteiger charge is 2.31. The topological polar surface area (TPSA) is 56.5 Å². The molecule has 0 N–H and O–H groups in total. The molecule has 0 saturated heterocycles. The van der Waals surface area contributed by atoms with E-state index in [1.165, 1.54) is 0 Å². The Labute approximate surface area is 179 Å². The number of carbonyl (C=O) groups excluding carboxylic acids is 1. The van der Waals surface area contributed by atoms with Gasteiger partial charge in [0.05, 0.1) is 24.1 Å². The molecule has 1 atom stereocenters. The van der Waals surface area contributed by atoms with Gasteiger partial charge in [-0.25, -0.2) is 9.50 Å². The molecule has 0 amide bonds. The molecule has 4 aromatic rings. The normalized spacial score (nSPS) is 16.0. The minimum absolute atomic E-state index is 0.0373. The maximum atomic E-state index is 13.0. The summed E-state index contributed by atoms with van der Waals surface area (Å²) in [5.41, 5.74) is 6.18. The number of nitrogens with zero attached hydrogens (tertiary/aromatic N) is 3. The van der Waals surface area contributed by atoms with Crippen LogP contribution in [0.15, 0.2) is 54.7 Å². The van der Waals surface area contributed by atoms with Crippen molar-refractivity contribution in [1.82, 2.24) is 14.6 Å². The number of aromatic nitrogens is 3. The Balaban J connectivity index is 1.66. The van der Waals surface area contributed by atoms with E-state index >= 15 is 0 Å². The van der Waals surface area contributed by atoms with Gasteiger partial charge in [-0.3, -0.25) is 4.79 Å². The Kier molecular flexibility index (Phi) is 4.55. The van der Waals surface area contributed by atoms with Crippen LogP contribution < -0.4 is 4.74 Å². The first kappa shape index (κ1) is 18.8. The van der Waals surface area contributed by atoms with Crippen LogP contribution in [0.5, 0.6) is 5.75 Å². The van der Waals surface area contributed by atoms with E-state index in [1.807, 2.05) is 60.0 Å². The second-order valence-electron chi connectivity index (χ2n) is 7.59. The second kappa shape index (κ2) is 7.26. The summed E-state index contributed by atoms with van der Waals surface area (Å²) in [5, 5.41) is 5.45.